The topological polar surface area (TPSA) is 23.6 Å². The fourth-order valence-electron chi connectivity index (χ4n) is 3.12. The van der Waals surface area contributed by atoms with Crippen LogP contribution in [0, 0.1) is 5.82 Å². The van der Waals surface area contributed by atoms with Crippen molar-refractivity contribution in [3.63, 3.8) is 0 Å². The summed E-state index contributed by atoms with van der Waals surface area (Å²) in [6.45, 7) is 3.01. The molecule has 1 aliphatic rings. The van der Waals surface area contributed by atoms with Crippen LogP contribution in [-0.2, 0) is 11.2 Å². The van der Waals surface area contributed by atoms with Crippen LogP contribution >= 0.6 is 11.6 Å². The third-order valence-corrected chi connectivity index (χ3v) is 4.85. The lowest BCUT2D eigenvalue weighted by molar-refractivity contribution is -0.131. The fraction of sp³-hybridized carbons (Fsp3) is 0.350. The predicted octanol–water partition coefficient (Wildman–Crippen LogP) is 4.15. The number of hydrogen-bond donors (Lipinski definition) is 0. The highest BCUT2D eigenvalue weighted by Crippen LogP contribution is 2.18. The fourth-order valence-corrected chi connectivity index (χ4v) is 3.24. The van der Waals surface area contributed by atoms with Gasteiger partial charge in [0.1, 0.15) is 5.82 Å². The van der Waals surface area contributed by atoms with Crippen LogP contribution in [-0.4, -0.2) is 37.0 Å². The molecule has 0 saturated carbocycles. The maximum absolute atomic E-state index is 13.0. The molecule has 1 fully saturated rings. The first kappa shape index (κ1) is 17.7. The van der Waals surface area contributed by atoms with Gasteiger partial charge in [-0.25, -0.2) is 4.39 Å². The predicted molar refractivity (Wildman–Crippen MR) is 99.6 cm³/mol. The van der Waals surface area contributed by atoms with Gasteiger partial charge in [0.2, 0.25) is 5.91 Å². The van der Waals surface area contributed by atoms with Gasteiger partial charge < -0.3 is 9.80 Å². The minimum absolute atomic E-state index is 0.215. The lowest BCUT2D eigenvalue weighted by Crippen LogP contribution is -2.48. The number of rotatable bonds is 5. The SMILES string of the molecule is O=C(CCCc1ccc(Cl)cc1)N1CCN(c2ccc(F)cc2)CC1. The molecule has 3 rings (SSSR count). The second kappa shape index (κ2) is 8.34. The Bertz CT molecular complexity index is 695. The number of aryl methyl sites for hydroxylation is 1. The highest BCUT2D eigenvalue weighted by Gasteiger charge is 2.20. The first-order valence-electron chi connectivity index (χ1n) is 8.64. The average Bonchev–Trinajstić information content (AvgIpc) is 2.64. The summed E-state index contributed by atoms with van der Waals surface area (Å²) >= 11 is 5.88. The van der Waals surface area contributed by atoms with Crippen LogP contribution in [0.2, 0.25) is 5.02 Å². The molecule has 0 radical (unpaired) electrons. The van der Waals surface area contributed by atoms with Gasteiger partial charge in [-0.3, -0.25) is 4.79 Å². The minimum Gasteiger partial charge on any atom is -0.368 e. The van der Waals surface area contributed by atoms with Crippen molar-refractivity contribution in [3.05, 3.63) is 64.9 Å². The monoisotopic (exact) mass is 360 g/mol. The number of carbonyl (C=O) groups excluding carboxylic acids is 1. The summed E-state index contributed by atoms with van der Waals surface area (Å²) in [5, 5.41) is 0.735. The normalized spacial score (nSPS) is 14.6. The lowest BCUT2D eigenvalue weighted by atomic mass is 10.1. The molecule has 2 aromatic carbocycles. The van der Waals surface area contributed by atoms with Crippen LogP contribution in [0.3, 0.4) is 0 Å². The summed E-state index contributed by atoms with van der Waals surface area (Å²) in [5.41, 5.74) is 2.22. The summed E-state index contributed by atoms with van der Waals surface area (Å²) in [6, 6.07) is 14.3. The summed E-state index contributed by atoms with van der Waals surface area (Å²) in [7, 11) is 0. The number of nitrogens with zero attached hydrogens (tertiary/aromatic N) is 2. The molecular weight excluding hydrogens is 339 g/mol. The zero-order valence-corrected chi connectivity index (χ0v) is 14.9. The van der Waals surface area contributed by atoms with E-state index < -0.39 is 0 Å². The second-order valence-electron chi connectivity index (χ2n) is 6.32. The van der Waals surface area contributed by atoms with Gasteiger partial charge in [-0.2, -0.15) is 0 Å². The van der Waals surface area contributed by atoms with Crippen LogP contribution < -0.4 is 4.90 Å². The molecule has 0 bridgehead atoms. The Balaban J connectivity index is 1.42. The van der Waals surface area contributed by atoms with E-state index in [1.807, 2.05) is 29.2 Å². The van der Waals surface area contributed by atoms with Crippen LogP contribution in [0.15, 0.2) is 48.5 Å². The maximum Gasteiger partial charge on any atom is 0.222 e. The standard InChI is InChI=1S/C20H22ClFN2O/c21-17-6-4-16(5-7-17)2-1-3-20(25)24-14-12-23(13-15-24)19-10-8-18(22)9-11-19/h4-11H,1-3,12-15H2. The summed E-state index contributed by atoms with van der Waals surface area (Å²) in [5.74, 6) is -0.00836. The van der Waals surface area contributed by atoms with Crippen LogP contribution in [0.25, 0.3) is 0 Å². The minimum atomic E-state index is -0.224. The van der Waals surface area contributed by atoms with Crippen molar-refractivity contribution in [2.45, 2.75) is 19.3 Å². The van der Waals surface area contributed by atoms with Crippen LogP contribution in [0.4, 0.5) is 10.1 Å². The Morgan fingerprint density at radius 2 is 1.60 bits per heavy atom. The number of halogens is 2. The molecule has 25 heavy (non-hydrogen) atoms. The molecule has 0 aromatic heterocycles. The molecule has 0 N–H and O–H groups in total. The molecule has 0 atom stereocenters. The zero-order valence-electron chi connectivity index (χ0n) is 14.1. The van der Waals surface area contributed by atoms with E-state index in [1.54, 1.807) is 12.1 Å². The molecule has 0 unspecified atom stereocenters. The van der Waals surface area contributed by atoms with Crippen molar-refractivity contribution in [1.29, 1.82) is 0 Å². The maximum atomic E-state index is 13.0. The summed E-state index contributed by atoms with van der Waals surface area (Å²) in [4.78, 5) is 16.5. The molecule has 132 valence electrons. The molecule has 3 nitrogen and oxygen atoms in total. The quantitative estimate of drug-likeness (QED) is 0.799. The van der Waals surface area contributed by atoms with Crippen LogP contribution in [0.1, 0.15) is 18.4 Å². The van der Waals surface area contributed by atoms with Gasteiger partial charge in [-0.15, -0.1) is 0 Å². The van der Waals surface area contributed by atoms with Gasteiger partial charge in [-0.05, 0) is 54.8 Å². The Morgan fingerprint density at radius 3 is 2.24 bits per heavy atom. The highest BCUT2D eigenvalue weighted by molar-refractivity contribution is 6.30. The number of amides is 1. The summed E-state index contributed by atoms with van der Waals surface area (Å²) in [6.07, 6.45) is 2.30. The number of carbonyl (C=O) groups is 1. The van der Waals surface area contributed by atoms with Crippen molar-refractivity contribution < 1.29 is 9.18 Å². The molecule has 1 heterocycles. The number of hydrogen-bond acceptors (Lipinski definition) is 2. The Kier molecular flexibility index (Phi) is 5.92. The van der Waals surface area contributed by atoms with Gasteiger partial charge in [0, 0.05) is 43.3 Å². The van der Waals surface area contributed by atoms with Gasteiger partial charge in [0.15, 0.2) is 0 Å². The molecule has 1 saturated heterocycles. The molecule has 0 spiro atoms. The molecule has 1 aliphatic heterocycles. The molecule has 0 aliphatic carbocycles. The summed E-state index contributed by atoms with van der Waals surface area (Å²) < 4.78 is 13.0. The van der Waals surface area contributed by atoms with Crippen molar-refractivity contribution in [2.75, 3.05) is 31.1 Å². The third-order valence-electron chi connectivity index (χ3n) is 4.59. The number of anilines is 1. The third kappa shape index (κ3) is 4.95. The van der Waals surface area contributed by atoms with E-state index in [4.69, 9.17) is 11.6 Å². The largest absolute Gasteiger partial charge is 0.368 e. The van der Waals surface area contributed by atoms with Gasteiger partial charge in [0.25, 0.3) is 0 Å². The van der Waals surface area contributed by atoms with Crippen molar-refractivity contribution >= 4 is 23.2 Å². The van der Waals surface area contributed by atoms with Crippen LogP contribution in [0.5, 0.6) is 0 Å². The van der Waals surface area contributed by atoms with Crippen molar-refractivity contribution in [1.82, 2.24) is 4.90 Å². The van der Waals surface area contributed by atoms with E-state index in [-0.39, 0.29) is 11.7 Å². The number of piperazine rings is 1. The lowest BCUT2D eigenvalue weighted by Gasteiger charge is -2.36. The second-order valence-corrected chi connectivity index (χ2v) is 6.76. The van der Waals surface area contributed by atoms with Crippen molar-refractivity contribution in [3.8, 4) is 0 Å². The van der Waals surface area contributed by atoms with Gasteiger partial charge >= 0.3 is 0 Å². The Hall–Kier alpha value is -2.07. The Morgan fingerprint density at radius 1 is 0.960 bits per heavy atom. The average molecular weight is 361 g/mol. The number of benzene rings is 2. The van der Waals surface area contributed by atoms with E-state index in [0.717, 1.165) is 49.7 Å². The van der Waals surface area contributed by atoms with Gasteiger partial charge in [-0.1, -0.05) is 23.7 Å². The van der Waals surface area contributed by atoms with E-state index in [2.05, 4.69) is 4.90 Å². The van der Waals surface area contributed by atoms with E-state index in [1.165, 1.54) is 17.7 Å². The van der Waals surface area contributed by atoms with E-state index in [0.29, 0.717) is 6.42 Å². The first-order valence-corrected chi connectivity index (χ1v) is 9.02. The zero-order chi connectivity index (χ0) is 17.6. The van der Waals surface area contributed by atoms with Crippen molar-refractivity contribution in [2.24, 2.45) is 0 Å². The molecular formula is C20H22ClFN2O. The van der Waals surface area contributed by atoms with E-state index in [9.17, 15) is 9.18 Å². The molecule has 5 heteroatoms. The van der Waals surface area contributed by atoms with E-state index >= 15 is 0 Å². The Labute approximate surface area is 153 Å². The van der Waals surface area contributed by atoms with Gasteiger partial charge in [0.05, 0.1) is 0 Å². The highest BCUT2D eigenvalue weighted by atomic mass is 35.5. The molecule has 1 amide bonds. The molecule has 2 aromatic rings. The smallest absolute Gasteiger partial charge is 0.222 e. The first-order chi connectivity index (χ1) is 12.1.